The van der Waals surface area contributed by atoms with Gasteiger partial charge in [0.1, 0.15) is 5.82 Å². The summed E-state index contributed by atoms with van der Waals surface area (Å²) in [5.41, 5.74) is 1.21. The molecule has 1 aliphatic rings. The molecule has 2 rings (SSSR count). The maximum atomic E-state index is 13.2. The molecule has 0 spiro atoms. The van der Waals surface area contributed by atoms with Gasteiger partial charge in [0.2, 0.25) is 0 Å². The van der Waals surface area contributed by atoms with E-state index >= 15 is 0 Å². The lowest BCUT2D eigenvalue weighted by atomic mass is 9.75. The maximum Gasteiger partial charge on any atom is 0.124 e. The van der Waals surface area contributed by atoms with Gasteiger partial charge in [-0.1, -0.05) is 55.1 Å². The van der Waals surface area contributed by atoms with Gasteiger partial charge in [-0.25, -0.2) is 4.39 Å². The molecule has 1 fully saturated rings. The molecule has 0 radical (unpaired) electrons. The van der Waals surface area contributed by atoms with E-state index in [9.17, 15) is 4.39 Å². The number of nitrogens with one attached hydrogen (secondary N) is 1. The molecule has 0 heterocycles. The van der Waals surface area contributed by atoms with Crippen molar-refractivity contribution in [1.82, 2.24) is 5.32 Å². The highest BCUT2D eigenvalue weighted by Gasteiger charge is 2.27. The first-order chi connectivity index (χ1) is 10.1. The van der Waals surface area contributed by atoms with Gasteiger partial charge in [0.25, 0.3) is 0 Å². The summed E-state index contributed by atoms with van der Waals surface area (Å²) in [5, 5.41) is 3.67. The van der Waals surface area contributed by atoms with Gasteiger partial charge in [-0.2, -0.15) is 0 Å². The van der Waals surface area contributed by atoms with Gasteiger partial charge < -0.3 is 5.32 Å². The maximum absolute atomic E-state index is 13.2. The van der Waals surface area contributed by atoms with Crippen LogP contribution in [0.15, 0.2) is 22.7 Å². The summed E-state index contributed by atoms with van der Waals surface area (Å²) in [6.07, 6.45) is 7.70. The number of halogens is 2. The average Bonchev–Trinajstić information content (AvgIpc) is 2.49. The quantitative estimate of drug-likeness (QED) is 0.727. The second-order valence-corrected chi connectivity index (χ2v) is 7.16. The molecule has 1 aliphatic carbocycles. The smallest absolute Gasteiger partial charge is 0.124 e. The van der Waals surface area contributed by atoms with Crippen LogP contribution in [-0.4, -0.2) is 12.6 Å². The lowest BCUT2D eigenvalue weighted by Gasteiger charge is -2.35. The highest BCUT2D eigenvalue weighted by molar-refractivity contribution is 9.10. The van der Waals surface area contributed by atoms with Crippen LogP contribution in [0.5, 0.6) is 0 Å². The van der Waals surface area contributed by atoms with Crippen molar-refractivity contribution in [1.29, 1.82) is 0 Å². The molecule has 0 amide bonds. The van der Waals surface area contributed by atoms with Gasteiger partial charge in [0.15, 0.2) is 0 Å². The fourth-order valence-electron chi connectivity index (χ4n) is 3.66. The van der Waals surface area contributed by atoms with Crippen molar-refractivity contribution in [3.63, 3.8) is 0 Å². The monoisotopic (exact) mass is 355 g/mol. The molecule has 3 atom stereocenters. The molecule has 1 aromatic rings. The summed E-state index contributed by atoms with van der Waals surface area (Å²) in [7, 11) is 0. The Morgan fingerprint density at radius 1 is 1.33 bits per heavy atom. The highest BCUT2D eigenvalue weighted by atomic mass is 79.9. The van der Waals surface area contributed by atoms with Crippen molar-refractivity contribution in [3.05, 3.63) is 34.1 Å². The third kappa shape index (κ3) is 4.79. The van der Waals surface area contributed by atoms with Crippen molar-refractivity contribution in [2.45, 2.75) is 58.4 Å². The first-order valence-electron chi connectivity index (χ1n) is 8.31. The molecule has 1 saturated carbocycles. The van der Waals surface area contributed by atoms with Crippen LogP contribution in [0, 0.1) is 17.7 Å². The molecule has 1 aromatic carbocycles. The van der Waals surface area contributed by atoms with Crippen LogP contribution in [0.2, 0.25) is 0 Å². The molecule has 118 valence electrons. The Morgan fingerprint density at radius 2 is 2.14 bits per heavy atom. The standard InChI is InChI=1S/C18H27BrFN/c1-3-13-6-5-7-15(10-13)18(21-4-2)11-14-8-9-16(20)12-17(14)19/h8-9,12-13,15,18,21H,3-7,10-11H2,1-2H3. The summed E-state index contributed by atoms with van der Waals surface area (Å²) in [5.74, 6) is 1.47. The van der Waals surface area contributed by atoms with Crippen molar-refractivity contribution in [3.8, 4) is 0 Å². The number of benzene rings is 1. The van der Waals surface area contributed by atoms with Crippen molar-refractivity contribution >= 4 is 15.9 Å². The first kappa shape index (κ1) is 17.0. The zero-order valence-electron chi connectivity index (χ0n) is 13.2. The first-order valence-corrected chi connectivity index (χ1v) is 9.10. The van der Waals surface area contributed by atoms with Gasteiger partial charge in [0, 0.05) is 10.5 Å². The van der Waals surface area contributed by atoms with E-state index < -0.39 is 0 Å². The van der Waals surface area contributed by atoms with Gasteiger partial charge in [-0.05, 0) is 55.3 Å². The van der Waals surface area contributed by atoms with Crippen LogP contribution in [0.4, 0.5) is 4.39 Å². The third-order valence-corrected chi connectivity index (χ3v) is 5.63. The molecule has 1 nitrogen and oxygen atoms in total. The molecule has 0 saturated heterocycles. The van der Waals surface area contributed by atoms with Crippen LogP contribution in [0.3, 0.4) is 0 Å². The minimum atomic E-state index is -0.172. The van der Waals surface area contributed by atoms with Crippen molar-refractivity contribution in [2.75, 3.05) is 6.54 Å². The summed E-state index contributed by atoms with van der Waals surface area (Å²) in [4.78, 5) is 0. The molecule has 0 bridgehead atoms. The van der Waals surface area contributed by atoms with E-state index in [0.29, 0.717) is 6.04 Å². The third-order valence-electron chi connectivity index (χ3n) is 4.89. The van der Waals surface area contributed by atoms with Gasteiger partial charge >= 0.3 is 0 Å². The van der Waals surface area contributed by atoms with E-state index in [2.05, 4.69) is 35.1 Å². The average molecular weight is 356 g/mol. The van der Waals surface area contributed by atoms with Gasteiger partial charge in [-0.3, -0.25) is 0 Å². The Bertz CT molecular complexity index is 449. The lowest BCUT2D eigenvalue weighted by Crippen LogP contribution is -2.40. The predicted molar refractivity (Wildman–Crippen MR) is 91.0 cm³/mol. The normalized spacial score (nSPS) is 24.0. The minimum Gasteiger partial charge on any atom is -0.314 e. The van der Waals surface area contributed by atoms with E-state index in [-0.39, 0.29) is 5.82 Å². The van der Waals surface area contributed by atoms with Crippen LogP contribution >= 0.6 is 15.9 Å². The molecular weight excluding hydrogens is 329 g/mol. The Labute approximate surface area is 136 Å². The zero-order valence-corrected chi connectivity index (χ0v) is 14.8. The predicted octanol–water partition coefficient (Wildman–Crippen LogP) is 5.33. The van der Waals surface area contributed by atoms with Crippen LogP contribution in [0.25, 0.3) is 0 Å². The Hall–Kier alpha value is -0.410. The van der Waals surface area contributed by atoms with Gasteiger partial charge in [-0.15, -0.1) is 0 Å². The molecule has 21 heavy (non-hydrogen) atoms. The molecule has 3 unspecified atom stereocenters. The lowest BCUT2D eigenvalue weighted by molar-refractivity contribution is 0.208. The van der Waals surface area contributed by atoms with E-state index in [0.717, 1.165) is 29.3 Å². The topological polar surface area (TPSA) is 12.0 Å². The number of hydrogen-bond acceptors (Lipinski definition) is 1. The molecule has 1 N–H and O–H groups in total. The molecule has 0 aliphatic heterocycles. The Balaban J connectivity index is 2.07. The number of likely N-dealkylation sites (N-methyl/N-ethyl adjacent to an activating group) is 1. The highest BCUT2D eigenvalue weighted by Crippen LogP contribution is 2.34. The SMILES string of the molecule is CCNC(Cc1ccc(F)cc1Br)C1CCCC(CC)C1. The van der Waals surface area contributed by atoms with E-state index in [1.54, 1.807) is 12.1 Å². The molecule has 3 heteroatoms. The van der Waals surface area contributed by atoms with E-state index in [4.69, 9.17) is 0 Å². The van der Waals surface area contributed by atoms with Crippen molar-refractivity contribution < 1.29 is 4.39 Å². The van der Waals surface area contributed by atoms with E-state index in [1.807, 2.05) is 6.07 Å². The Kier molecular flexibility index (Phi) is 6.69. The van der Waals surface area contributed by atoms with Crippen LogP contribution < -0.4 is 5.32 Å². The minimum absolute atomic E-state index is 0.172. The molecule has 0 aromatic heterocycles. The second-order valence-electron chi connectivity index (χ2n) is 6.30. The fourth-order valence-corrected chi connectivity index (χ4v) is 4.17. The summed E-state index contributed by atoms with van der Waals surface area (Å²) < 4.78 is 14.1. The number of hydrogen-bond donors (Lipinski definition) is 1. The fraction of sp³-hybridized carbons (Fsp3) is 0.667. The summed E-state index contributed by atoms with van der Waals surface area (Å²) >= 11 is 3.51. The second kappa shape index (κ2) is 8.28. The zero-order chi connectivity index (χ0) is 15.2. The number of rotatable bonds is 6. The van der Waals surface area contributed by atoms with Crippen LogP contribution in [0.1, 0.15) is 51.5 Å². The van der Waals surface area contributed by atoms with Crippen molar-refractivity contribution in [2.24, 2.45) is 11.8 Å². The van der Waals surface area contributed by atoms with Gasteiger partial charge in [0.05, 0.1) is 0 Å². The summed E-state index contributed by atoms with van der Waals surface area (Å²) in [6.45, 7) is 5.48. The van der Waals surface area contributed by atoms with Crippen LogP contribution in [-0.2, 0) is 6.42 Å². The Morgan fingerprint density at radius 3 is 2.81 bits per heavy atom. The van der Waals surface area contributed by atoms with E-state index in [1.165, 1.54) is 37.7 Å². The largest absolute Gasteiger partial charge is 0.314 e. The summed E-state index contributed by atoms with van der Waals surface area (Å²) in [6, 6.07) is 5.57. The molecular formula is C18H27BrFN.